The molecule has 26 heavy (non-hydrogen) atoms. The van der Waals surface area contributed by atoms with E-state index in [2.05, 4.69) is 17.2 Å². The molecule has 0 aliphatic heterocycles. The van der Waals surface area contributed by atoms with E-state index in [9.17, 15) is 9.59 Å². The Bertz CT molecular complexity index is 868. The number of aromatic amines is 1. The van der Waals surface area contributed by atoms with Crippen LogP contribution in [0.1, 0.15) is 58.3 Å². The first-order valence-electron chi connectivity index (χ1n) is 9.56. The number of hydrogen-bond acceptors (Lipinski definition) is 4. The highest BCUT2D eigenvalue weighted by Gasteiger charge is 2.22. The number of amides is 1. The van der Waals surface area contributed by atoms with Crippen molar-refractivity contribution in [3.63, 3.8) is 0 Å². The summed E-state index contributed by atoms with van der Waals surface area (Å²) in [7, 11) is 0. The topological polar surface area (TPSA) is 66.9 Å². The number of fused-ring (bicyclic) bond motifs is 1. The Hall–Kier alpha value is -1.47. The molecule has 142 valence electrons. The summed E-state index contributed by atoms with van der Waals surface area (Å²) in [4.78, 5) is 27.7. The molecule has 2 aromatic heterocycles. The van der Waals surface area contributed by atoms with Gasteiger partial charge in [0.05, 0.1) is 5.52 Å². The molecule has 0 bridgehead atoms. The van der Waals surface area contributed by atoms with Crippen molar-refractivity contribution < 1.29 is 4.79 Å². The molecular weight excluding hydrogens is 366 g/mol. The zero-order valence-corrected chi connectivity index (χ0v) is 16.9. The third-order valence-electron chi connectivity index (χ3n) is 5.33. The van der Waals surface area contributed by atoms with Crippen LogP contribution in [0.3, 0.4) is 0 Å². The van der Waals surface area contributed by atoms with Crippen LogP contribution >= 0.6 is 23.6 Å². The van der Waals surface area contributed by atoms with Gasteiger partial charge in [-0.2, -0.15) is 0 Å². The average molecular weight is 394 g/mol. The number of H-pyrrole nitrogens is 1. The number of rotatable bonds is 7. The SMILES string of the molecule is C[C@H]1CCCC[C@@H]1NC(=O)CCCCCn1c(=S)[nH]c2ccsc2c1=O. The van der Waals surface area contributed by atoms with Crippen molar-refractivity contribution in [3.05, 3.63) is 26.6 Å². The third-order valence-corrected chi connectivity index (χ3v) is 6.56. The van der Waals surface area contributed by atoms with Gasteiger partial charge in [-0.1, -0.05) is 26.2 Å². The normalized spacial score (nSPS) is 20.3. The number of aromatic nitrogens is 2. The highest BCUT2D eigenvalue weighted by atomic mass is 32.1. The monoisotopic (exact) mass is 393 g/mol. The molecule has 2 N–H and O–H groups in total. The molecule has 1 fully saturated rings. The van der Waals surface area contributed by atoms with Gasteiger partial charge >= 0.3 is 0 Å². The molecule has 1 saturated carbocycles. The van der Waals surface area contributed by atoms with E-state index in [1.54, 1.807) is 4.57 Å². The molecule has 0 unspecified atom stereocenters. The first kappa shape index (κ1) is 19.3. The highest BCUT2D eigenvalue weighted by molar-refractivity contribution is 7.71. The lowest BCUT2D eigenvalue weighted by molar-refractivity contribution is -0.122. The van der Waals surface area contributed by atoms with E-state index >= 15 is 0 Å². The number of nitrogens with one attached hydrogen (secondary N) is 2. The van der Waals surface area contributed by atoms with Gasteiger partial charge in [-0.05, 0) is 55.3 Å². The summed E-state index contributed by atoms with van der Waals surface area (Å²) in [5, 5.41) is 5.09. The number of unbranched alkanes of at least 4 members (excludes halogenated alkanes) is 2. The highest BCUT2D eigenvalue weighted by Crippen LogP contribution is 2.23. The summed E-state index contributed by atoms with van der Waals surface area (Å²) in [5.41, 5.74) is 0.803. The number of nitrogens with zero attached hydrogens (tertiary/aromatic N) is 1. The zero-order valence-electron chi connectivity index (χ0n) is 15.3. The molecule has 0 radical (unpaired) electrons. The van der Waals surface area contributed by atoms with Crippen molar-refractivity contribution in [2.45, 2.75) is 70.9 Å². The van der Waals surface area contributed by atoms with E-state index < -0.39 is 0 Å². The fourth-order valence-corrected chi connectivity index (χ4v) is 4.80. The van der Waals surface area contributed by atoms with E-state index in [0.29, 0.717) is 29.7 Å². The largest absolute Gasteiger partial charge is 0.353 e. The van der Waals surface area contributed by atoms with Gasteiger partial charge in [0.2, 0.25) is 5.91 Å². The van der Waals surface area contributed by atoms with Gasteiger partial charge in [0, 0.05) is 19.0 Å². The number of carbonyl (C=O) groups is 1. The van der Waals surface area contributed by atoms with Crippen molar-refractivity contribution in [1.29, 1.82) is 0 Å². The Morgan fingerprint density at radius 3 is 2.96 bits per heavy atom. The van der Waals surface area contributed by atoms with Crippen LogP contribution in [0.2, 0.25) is 0 Å². The average Bonchev–Trinajstić information content (AvgIpc) is 3.07. The lowest BCUT2D eigenvalue weighted by Gasteiger charge is -2.29. The van der Waals surface area contributed by atoms with Gasteiger partial charge in [-0.25, -0.2) is 0 Å². The molecule has 0 spiro atoms. The minimum absolute atomic E-state index is 0.0113. The summed E-state index contributed by atoms with van der Waals surface area (Å²) in [6.45, 7) is 2.83. The Labute approximate surface area is 162 Å². The molecule has 5 nitrogen and oxygen atoms in total. The molecule has 2 heterocycles. The fraction of sp³-hybridized carbons (Fsp3) is 0.632. The van der Waals surface area contributed by atoms with E-state index in [4.69, 9.17) is 12.2 Å². The predicted octanol–water partition coefficient (Wildman–Crippen LogP) is 4.38. The molecular formula is C19H27N3O2S2. The van der Waals surface area contributed by atoms with Crippen molar-refractivity contribution in [2.75, 3.05) is 0 Å². The molecule has 1 aliphatic rings. The number of thiophene rings is 1. The van der Waals surface area contributed by atoms with Crippen LogP contribution in [0.4, 0.5) is 0 Å². The van der Waals surface area contributed by atoms with Crippen LogP contribution in [0, 0.1) is 10.7 Å². The summed E-state index contributed by atoms with van der Waals surface area (Å²) in [5.74, 6) is 0.756. The maximum Gasteiger partial charge on any atom is 0.272 e. The smallest absolute Gasteiger partial charge is 0.272 e. The van der Waals surface area contributed by atoms with E-state index in [0.717, 1.165) is 35.9 Å². The summed E-state index contributed by atoms with van der Waals surface area (Å²) < 4.78 is 2.84. The predicted molar refractivity (Wildman–Crippen MR) is 109 cm³/mol. The second kappa shape index (κ2) is 8.95. The van der Waals surface area contributed by atoms with Crippen molar-refractivity contribution in [2.24, 2.45) is 5.92 Å². The summed E-state index contributed by atoms with van der Waals surface area (Å²) >= 11 is 6.74. The van der Waals surface area contributed by atoms with Gasteiger partial charge in [-0.15, -0.1) is 11.3 Å². The molecule has 7 heteroatoms. The Kier molecular flexibility index (Phi) is 6.64. The van der Waals surface area contributed by atoms with Gasteiger partial charge < -0.3 is 10.3 Å². The van der Waals surface area contributed by atoms with Gasteiger partial charge in [0.25, 0.3) is 5.56 Å². The van der Waals surface area contributed by atoms with Crippen molar-refractivity contribution in [1.82, 2.24) is 14.9 Å². The minimum Gasteiger partial charge on any atom is -0.353 e. The van der Waals surface area contributed by atoms with E-state index in [-0.39, 0.29) is 11.5 Å². The maximum absolute atomic E-state index is 12.5. The molecule has 3 rings (SSSR count). The first-order valence-corrected chi connectivity index (χ1v) is 10.8. The van der Waals surface area contributed by atoms with Crippen LogP contribution < -0.4 is 10.9 Å². The van der Waals surface area contributed by atoms with Gasteiger partial charge in [0.1, 0.15) is 4.70 Å². The van der Waals surface area contributed by atoms with E-state index in [1.165, 1.54) is 30.6 Å². The quantitative estimate of drug-likeness (QED) is 0.542. The van der Waals surface area contributed by atoms with Gasteiger partial charge in [0.15, 0.2) is 4.77 Å². The Morgan fingerprint density at radius 2 is 2.15 bits per heavy atom. The second-order valence-electron chi connectivity index (χ2n) is 7.30. The van der Waals surface area contributed by atoms with Crippen LogP contribution in [-0.2, 0) is 11.3 Å². The van der Waals surface area contributed by atoms with Gasteiger partial charge in [-0.3, -0.25) is 14.2 Å². The van der Waals surface area contributed by atoms with Crippen LogP contribution in [-0.4, -0.2) is 21.5 Å². The molecule has 2 atom stereocenters. The molecule has 1 aliphatic carbocycles. The minimum atomic E-state index is -0.0113. The molecule has 2 aromatic rings. The Balaban J connectivity index is 1.42. The number of hydrogen-bond donors (Lipinski definition) is 2. The zero-order chi connectivity index (χ0) is 18.5. The third kappa shape index (κ3) is 4.62. The van der Waals surface area contributed by atoms with Crippen LogP contribution in [0.15, 0.2) is 16.2 Å². The van der Waals surface area contributed by atoms with Crippen molar-refractivity contribution >= 4 is 39.7 Å². The summed E-state index contributed by atoms with van der Waals surface area (Å²) in [6.07, 6.45) is 8.01. The van der Waals surface area contributed by atoms with Crippen molar-refractivity contribution in [3.8, 4) is 0 Å². The number of carbonyl (C=O) groups excluding carboxylic acids is 1. The summed E-state index contributed by atoms with van der Waals surface area (Å²) in [6, 6.07) is 2.23. The first-order chi connectivity index (χ1) is 12.6. The lowest BCUT2D eigenvalue weighted by Crippen LogP contribution is -2.40. The van der Waals surface area contributed by atoms with Crippen LogP contribution in [0.25, 0.3) is 10.2 Å². The van der Waals surface area contributed by atoms with Crippen LogP contribution in [0.5, 0.6) is 0 Å². The maximum atomic E-state index is 12.5. The lowest BCUT2D eigenvalue weighted by atomic mass is 9.86. The molecule has 0 aromatic carbocycles. The fourth-order valence-electron chi connectivity index (χ4n) is 3.72. The molecule has 0 saturated heterocycles. The van der Waals surface area contributed by atoms with E-state index in [1.807, 2.05) is 11.4 Å². The molecule has 1 amide bonds. The Morgan fingerprint density at radius 1 is 1.35 bits per heavy atom. The standard InChI is InChI=1S/C19H27N3O2S2/c1-13-7-4-5-8-14(13)20-16(23)9-3-2-6-11-22-18(24)17-15(10-12-26-17)21-19(22)25/h10,12-14H,2-9,11H2,1H3,(H,20,23)(H,21,25)/t13-,14-/m0/s1. The second-order valence-corrected chi connectivity index (χ2v) is 8.60.